The summed E-state index contributed by atoms with van der Waals surface area (Å²) in [7, 11) is 1.64. The molecule has 0 aliphatic carbocycles. The van der Waals surface area contributed by atoms with Crippen LogP contribution >= 0.6 is 15.9 Å². The molecule has 0 saturated carbocycles. The summed E-state index contributed by atoms with van der Waals surface area (Å²) in [4.78, 5) is 0. The first kappa shape index (κ1) is 14.5. The molecule has 0 aliphatic rings. The van der Waals surface area contributed by atoms with Gasteiger partial charge in [-0.3, -0.25) is 0 Å². The van der Waals surface area contributed by atoms with Crippen molar-refractivity contribution in [2.75, 3.05) is 7.11 Å². The largest absolute Gasteiger partial charge is 0.497 e. The number of benzene rings is 1. The molecule has 0 heterocycles. The van der Waals surface area contributed by atoms with Crippen molar-refractivity contribution in [3.8, 4) is 5.75 Å². The lowest BCUT2D eigenvalue weighted by Gasteiger charge is -2.14. The average molecular weight is 301 g/mol. The molecule has 0 bridgehead atoms. The third kappa shape index (κ3) is 4.68. The molecule has 0 spiro atoms. The fraction of sp³-hybridized carbons (Fsp3) is 0.571. The van der Waals surface area contributed by atoms with Gasteiger partial charge < -0.3 is 9.84 Å². The molecule has 0 fully saturated rings. The molecule has 3 heteroatoms. The number of rotatable bonds is 7. The Bertz CT molecular complexity index is 339. The van der Waals surface area contributed by atoms with E-state index in [0.717, 1.165) is 28.6 Å². The highest BCUT2D eigenvalue weighted by Crippen LogP contribution is 2.30. The lowest BCUT2D eigenvalue weighted by Crippen LogP contribution is -1.99. The maximum Gasteiger partial charge on any atom is 0.119 e. The highest BCUT2D eigenvalue weighted by atomic mass is 79.9. The predicted molar refractivity (Wildman–Crippen MR) is 74.4 cm³/mol. The van der Waals surface area contributed by atoms with E-state index in [4.69, 9.17) is 4.74 Å². The number of unbranched alkanes of at least 4 members (excludes halogenated alkanes) is 3. The SMILES string of the molecule is CCCCCCC(O)c1cc(OC)ccc1Br. The van der Waals surface area contributed by atoms with E-state index >= 15 is 0 Å². The fourth-order valence-electron chi connectivity index (χ4n) is 1.82. The second-order valence-electron chi connectivity index (χ2n) is 4.25. The quantitative estimate of drug-likeness (QED) is 0.753. The van der Waals surface area contributed by atoms with Gasteiger partial charge in [-0.1, -0.05) is 48.5 Å². The Morgan fingerprint density at radius 3 is 2.71 bits per heavy atom. The molecule has 17 heavy (non-hydrogen) atoms. The first-order chi connectivity index (χ1) is 8.19. The van der Waals surface area contributed by atoms with E-state index in [1.165, 1.54) is 19.3 Å². The standard InChI is InChI=1S/C14H21BrO2/c1-3-4-5-6-7-14(16)12-10-11(17-2)8-9-13(12)15/h8-10,14,16H,3-7H2,1-2H3. The van der Waals surface area contributed by atoms with Crippen molar-refractivity contribution in [2.45, 2.75) is 45.1 Å². The summed E-state index contributed by atoms with van der Waals surface area (Å²) in [5.74, 6) is 0.788. The molecule has 0 radical (unpaired) electrons. The second-order valence-corrected chi connectivity index (χ2v) is 5.11. The van der Waals surface area contributed by atoms with Crippen molar-refractivity contribution in [2.24, 2.45) is 0 Å². The van der Waals surface area contributed by atoms with Gasteiger partial charge in [-0.05, 0) is 30.2 Å². The Labute approximate surface area is 112 Å². The Hall–Kier alpha value is -0.540. The smallest absolute Gasteiger partial charge is 0.119 e. The van der Waals surface area contributed by atoms with E-state index in [0.29, 0.717) is 0 Å². The summed E-state index contributed by atoms with van der Waals surface area (Å²) >= 11 is 3.47. The molecule has 0 amide bonds. The monoisotopic (exact) mass is 300 g/mol. The molecule has 2 nitrogen and oxygen atoms in total. The Kier molecular flexibility index (Phi) is 6.60. The summed E-state index contributed by atoms with van der Waals surface area (Å²) in [5.41, 5.74) is 0.917. The third-order valence-corrected chi connectivity index (χ3v) is 3.62. The zero-order valence-electron chi connectivity index (χ0n) is 10.6. The molecule has 1 N–H and O–H groups in total. The predicted octanol–water partition coefficient (Wildman–Crippen LogP) is 4.46. The van der Waals surface area contributed by atoms with Crippen LogP contribution in [0.5, 0.6) is 5.75 Å². The van der Waals surface area contributed by atoms with Gasteiger partial charge in [0.1, 0.15) is 5.75 Å². The molecule has 0 saturated heterocycles. The van der Waals surface area contributed by atoms with Crippen molar-refractivity contribution >= 4 is 15.9 Å². The number of hydrogen-bond donors (Lipinski definition) is 1. The maximum absolute atomic E-state index is 10.1. The van der Waals surface area contributed by atoms with Crippen LogP contribution in [0.2, 0.25) is 0 Å². The van der Waals surface area contributed by atoms with E-state index in [9.17, 15) is 5.11 Å². The summed E-state index contributed by atoms with van der Waals surface area (Å²) in [6, 6.07) is 5.70. The Morgan fingerprint density at radius 2 is 2.06 bits per heavy atom. The van der Waals surface area contributed by atoms with Crippen LogP contribution in [0.3, 0.4) is 0 Å². The van der Waals surface area contributed by atoms with E-state index in [1.807, 2.05) is 18.2 Å². The number of hydrogen-bond acceptors (Lipinski definition) is 2. The molecule has 1 unspecified atom stereocenters. The van der Waals surface area contributed by atoms with Crippen LogP contribution in [0.25, 0.3) is 0 Å². The van der Waals surface area contributed by atoms with Gasteiger partial charge in [-0.25, -0.2) is 0 Å². The van der Waals surface area contributed by atoms with Gasteiger partial charge in [-0.15, -0.1) is 0 Å². The number of methoxy groups -OCH3 is 1. The zero-order valence-corrected chi connectivity index (χ0v) is 12.2. The van der Waals surface area contributed by atoms with Crippen LogP contribution in [-0.2, 0) is 0 Å². The molecule has 96 valence electrons. The van der Waals surface area contributed by atoms with Gasteiger partial charge >= 0.3 is 0 Å². The van der Waals surface area contributed by atoms with Gasteiger partial charge in [0, 0.05) is 4.47 Å². The van der Waals surface area contributed by atoms with Crippen LogP contribution in [0, 0.1) is 0 Å². The maximum atomic E-state index is 10.1. The molecule has 1 aromatic carbocycles. The van der Waals surface area contributed by atoms with E-state index in [-0.39, 0.29) is 0 Å². The molecule has 1 atom stereocenters. The van der Waals surface area contributed by atoms with E-state index < -0.39 is 6.10 Å². The van der Waals surface area contributed by atoms with Crippen LogP contribution in [-0.4, -0.2) is 12.2 Å². The Balaban J connectivity index is 2.57. The molecular formula is C14H21BrO2. The summed E-state index contributed by atoms with van der Waals surface area (Å²) in [6.07, 6.45) is 5.13. The molecule has 1 rings (SSSR count). The van der Waals surface area contributed by atoms with Crippen molar-refractivity contribution in [3.05, 3.63) is 28.2 Å². The van der Waals surface area contributed by atoms with Gasteiger partial charge in [0.15, 0.2) is 0 Å². The molecular weight excluding hydrogens is 280 g/mol. The summed E-state index contributed by atoms with van der Waals surface area (Å²) in [5, 5.41) is 10.1. The highest BCUT2D eigenvalue weighted by molar-refractivity contribution is 9.10. The normalized spacial score (nSPS) is 12.5. The van der Waals surface area contributed by atoms with Gasteiger partial charge in [-0.2, -0.15) is 0 Å². The number of aliphatic hydroxyl groups excluding tert-OH is 1. The van der Waals surface area contributed by atoms with Gasteiger partial charge in [0.2, 0.25) is 0 Å². The average Bonchev–Trinajstić information content (AvgIpc) is 2.35. The minimum Gasteiger partial charge on any atom is -0.497 e. The third-order valence-electron chi connectivity index (χ3n) is 2.89. The first-order valence-electron chi connectivity index (χ1n) is 6.20. The zero-order chi connectivity index (χ0) is 12.7. The number of ether oxygens (including phenoxy) is 1. The first-order valence-corrected chi connectivity index (χ1v) is 6.99. The van der Waals surface area contributed by atoms with Crippen LogP contribution in [0.4, 0.5) is 0 Å². The minimum atomic E-state index is -0.406. The molecule has 1 aromatic rings. The highest BCUT2D eigenvalue weighted by Gasteiger charge is 2.12. The van der Waals surface area contributed by atoms with Crippen molar-refractivity contribution in [1.29, 1.82) is 0 Å². The van der Waals surface area contributed by atoms with E-state index in [1.54, 1.807) is 7.11 Å². The van der Waals surface area contributed by atoms with Crippen LogP contribution in [0.1, 0.15) is 50.7 Å². The van der Waals surface area contributed by atoms with Crippen molar-refractivity contribution in [1.82, 2.24) is 0 Å². The topological polar surface area (TPSA) is 29.5 Å². The Morgan fingerprint density at radius 1 is 1.29 bits per heavy atom. The molecule has 0 aromatic heterocycles. The lowest BCUT2D eigenvalue weighted by atomic mass is 10.0. The summed E-state index contributed by atoms with van der Waals surface area (Å²) < 4.78 is 6.12. The van der Waals surface area contributed by atoms with Gasteiger partial charge in [0.05, 0.1) is 13.2 Å². The van der Waals surface area contributed by atoms with Crippen LogP contribution in [0.15, 0.2) is 22.7 Å². The molecule has 0 aliphatic heterocycles. The van der Waals surface area contributed by atoms with Gasteiger partial charge in [0.25, 0.3) is 0 Å². The summed E-state index contributed by atoms with van der Waals surface area (Å²) in [6.45, 7) is 2.19. The van der Waals surface area contributed by atoms with Crippen molar-refractivity contribution < 1.29 is 9.84 Å². The van der Waals surface area contributed by atoms with E-state index in [2.05, 4.69) is 22.9 Å². The number of aliphatic hydroxyl groups is 1. The number of halogens is 1. The lowest BCUT2D eigenvalue weighted by molar-refractivity contribution is 0.162. The minimum absolute atomic E-state index is 0.406. The second kappa shape index (κ2) is 7.72. The van der Waals surface area contributed by atoms with Crippen LogP contribution < -0.4 is 4.74 Å². The fourth-order valence-corrected chi connectivity index (χ4v) is 2.34. The van der Waals surface area contributed by atoms with Crippen molar-refractivity contribution in [3.63, 3.8) is 0 Å².